The van der Waals surface area contributed by atoms with Gasteiger partial charge in [0.15, 0.2) is 5.75 Å². The van der Waals surface area contributed by atoms with E-state index in [0.717, 1.165) is 35.1 Å². The smallest absolute Gasteiger partial charge is 0.158 e. The van der Waals surface area contributed by atoms with Crippen LogP contribution in [0.4, 0.5) is 11.5 Å². The maximum atomic E-state index is 10.4. The Hall–Kier alpha value is -1.91. The lowest BCUT2D eigenvalue weighted by Gasteiger charge is -2.30. The zero-order chi connectivity index (χ0) is 17.4. The minimum Gasteiger partial charge on any atom is -0.504 e. The van der Waals surface area contributed by atoms with Crippen molar-refractivity contribution in [2.45, 2.75) is 19.4 Å². The van der Waals surface area contributed by atoms with Crippen LogP contribution in [-0.2, 0) is 6.54 Å². The molecule has 1 aromatic carbocycles. The van der Waals surface area contributed by atoms with E-state index in [1.807, 2.05) is 18.2 Å². The molecule has 0 amide bonds. The molecule has 4 rings (SSSR count). The number of fused-ring (bicyclic) bond motifs is 1. The third-order valence-electron chi connectivity index (χ3n) is 4.55. The van der Waals surface area contributed by atoms with Crippen LogP contribution in [0.3, 0.4) is 0 Å². The largest absolute Gasteiger partial charge is 0.504 e. The average molecular weight is 376 g/mol. The Kier molecular flexibility index (Phi) is 4.48. The van der Waals surface area contributed by atoms with E-state index < -0.39 is 0 Å². The van der Waals surface area contributed by atoms with Gasteiger partial charge in [0.2, 0.25) is 0 Å². The number of hydrogen-bond acceptors (Lipinski definition) is 4. The van der Waals surface area contributed by atoms with E-state index in [9.17, 15) is 5.11 Å². The van der Waals surface area contributed by atoms with Crippen molar-refractivity contribution in [2.24, 2.45) is 5.92 Å². The summed E-state index contributed by atoms with van der Waals surface area (Å²) in [4.78, 5) is 6.49. The Balaban J connectivity index is 1.63. The topological polar surface area (TPSA) is 48.4 Å². The lowest BCUT2D eigenvalue weighted by atomic mass is 10.1. The maximum Gasteiger partial charge on any atom is 0.158 e. The van der Waals surface area contributed by atoms with E-state index in [0.29, 0.717) is 23.1 Å². The van der Waals surface area contributed by atoms with Crippen LogP contribution >= 0.6 is 23.2 Å². The molecule has 1 aliphatic carbocycles. The van der Waals surface area contributed by atoms with Crippen LogP contribution in [0.5, 0.6) is 5.75 Å². The summed E-state index contributed by atoms with van der Waals surface area (Å²) in [5.74, 6) is 1.76. The summed E-state index contributed by atoms with van der Waals surface area (Å²) in [5.41, 5.74) is 2.73. The van der Waals surface area contributed by atoms with Gasteiger partial charge in [-0.25, -0.2) is 4.98 Å². The van der Waals surface area contributed by atoms with Crippen LogP contribution in [-0.4, -0.2) is 23.2 Å². The second kappa shape index (κ2) is 6.77. The standard InChI is InChI=1S/C19H19Cl2N3O/c20-14-6-13(7-15(21)8-14)11-24-5-1-2-16-18(24)17(25)10-23-19(16)22-9-12-3-4-12/h1-2,6-8,10,12,25H,3-5,9,11H2,(H,22,23). The van der Waals surface area contributed by atoms with Gasteiger partial charge in [0, 0.05) is 35.2 Å². The van der Waals surface area contributed by atoms with Crippen LogP contribution in [0.2, 0.25) is 10.0 Å². The minimum absolute atomic E-state index is 0.185. The third kappa shape index (κ3) is 3.70. The van der Waals surface area contributed by atoms with Gasteiger partial charge in [-0.3, -0.25) is 0 Å². The van der Waals surface area contributed by atoms with Crippen molar-refractivity contribution in [3.8, 4) is 5.75 Å². The van der Waals surface area contributed by atoms with Gasteiger partial charge in [-0.05, 0) is 42.5 Å². The molecule has 0 spiro atoms. The molecule has 1 fully saturated rings. The molecular formula is C19H19Cl2N3O. The van der Waals surface area contributed by atoms with E-state index in [1.54, 1.807) is 6.07 Å². The first kappa shape index (κ1) is 16.6. The average Bonchev–Trinajstić information content (AvgIpc) is 3.38. The normalized spacial score (nSPS) is 16.0. The summed E-state index contributed by atoms with van der Waals surface area (Å²) in [6.07, 6.45) is 8.19. The van der Waals surface area contributed by atoms with Crippen LogP contribution in [0.15, 0.2) is 30.5 Å². The van der Waals surface area contributed by atoms with Crippen molar-refractivity contribution in [1.82, 2.24) is 4.98 Å². The van der Waals surface area contributed by atoms with Crippen LogP contribution in [0.1, 0.15) is 24.0 Å². The first-order chi connectivity index (χ1) is 12.1. The number of aromatic nitrogens is 1. The first-order valence-corrected chi connectivity index (χ1v) is 9.18. The minimum atomic E-state index is 0.185. The van der Waals surface area contributed by atoms with Gasteiger partial charge in [-0.2, -0.15) is 0 Å². The SMILES string of the molecule is Oc1cnc(NCC2CC2)c2c1N(Cc1cc(Cl)cc(Cl)c1)CC=C2. The Morgan fingerprint density at radius 3 is 2.68 bits per heavy atom. The highest BCUT2D eigenvalue weighted by Gasteiger charge is 2.24. The van der Waals surface area contributed by atoms with E-state index in [2.05, 4.69) is 21.3 Å². The fourth-order valence-electron chi connectivity index (χ4n) is 3.16. The molecule has 0 atom stereocenters. The van der Waals surface area contributed by atoms with Gasteiger partial charge < -0.3 is 15.3 Å². The predicted octanol–water partition coefficient (Wildman–Crippen LogP) is 4.95. The highest BCUT2D eigenvalue weighted by molar-refractivity contribution is 6.34. The van der Waals surface area contributed by atoms with Crippen LogP contribution < -0.4 is 10.2 Å². The molecule has 2 aromatic rings. The molecule has 130 valence electrons. The lowest BCUT2D eigenvalue weighted by molar-refractivity contribution is 0.471. The number of benzene rings is 1. The van der Waals surface area contributed by atoms with Crippen molar-refractivity contribution >= 4 is 40.8 Å². The summed E-state index contributed by atoms with van der Waals surface area (Å²) in [6, 6.07) is 5.52. The van der Waals surface area contributed by atoms with Gasteiger partial charge in [0.1, 0.15) is 5.82 Å². The Morgan fingerprint density at radius 2 is 1.96 bits per heavy atom. The first-order valence-electron chi connectivity index (χ1n) is 8.42. The number of nitrogens with one attached hydrogen (secondary N) is 1. The van der Waals surface area contributed by atoms with Crippen molar-refractivity contribution < 1.29 is 5.11 Å². The molecule has 1 aliphatic heterocycles. The number of rotatable bonds is 5. The quantitative estimate of drug-likeness (QED) is 0.775. The molecule has 0 radical (unpaired) electrons. The van der Waals surface area contributed by atoms with E-state index in [1.165, 1.54) is 19.0 Å². The molecule has 6 heteroatoms. The molecule has 4 nitrogen and oxygen atoms in total. The van der Waals surface area contributed by atoms with Crippen LogP contribution in [0.25, 0.3) is 6.08 Å². The van der Waals surface area contributed by atoms with Crippen molar-refractivity contribution in [2.75, 3.05) is 23.3 Å². The third-order valence-corrected chi connectivity index (χ3v) is 4.98. The van der Waals surface area contributed by atoms with E-state index in [4.69, 9.17) is 23.2 Å². The van der Waals surface area contributed by atoms with Gasteiger partial charge in [-0.1, -0.05) is 35.4 Å². The second-order valence-electron chi connectivity index (χ2n) is 6.64. The van der Waals surface area contributed by atoms with Crippen molar-refractivity contribution in [1.29, 1.82) is 0 Å². The number of hydrogen-bond donors (Lipinski definition) is 2. The second-order valence-corrected chi connectivity index (χ2v) is 7.51. The Labute approximate surface area is 157 Å². The molecule has 1 aromatic heterocycles. The molecule has 25 heavy (non-hydrogen) atoms. The van der Waals surface area contributed by atoms with Gasteiger partial charge >= 0.3 is 0 Å². The number of anilines is 2. The number of halogens is 2. The highest BCUT2D eigenvalue weighted by atomic mass is 35.5. The van der Waals surface area contributed by atoms with Gasteiger partial charge in [0.05, 0.1) is 11.9 Å². The zero-order valence-electron chi connectivity index (χ0n) is 13.7. The van der Waals surface area contributed by atoms with Gasteiger partial charge in [0.25, 0.3) is 0 Å². The van der Waals surface area contributed by atoms with Crippen molar-refractivity contribution in [3.05, 3.63) is 51.6 Å². The molecular weight excluding hydrogens is 357 g/mol. The summed E-state index contributed by atoms with van der Waals surface area (Å²) < 4.78 is 0. The monoisotopic (exact) mass is 375 g/mol. The Bertz CT molecular complexity index is 813. The maximum absolute atomic E-state index is 10.4. The van der Waals surface area contributed by atoms with E-state index in [-0.39, 0.29) is 5.75 Å². The Morgan fingerprint density at radius 1 is 1.20 bits per heavy atom. The molecule has 0 unspecified atom stereocenters. The fraction of sp³-hybridized carbons (Fsp3) is 0.316. The number of aromatic hydroxyl groups is 1. The molecule has 0 saturated heterocycles. The predicted molar refractivity (Wildman–Crippen MR) is 104 cm³/mol. The molecule has 2 N–H and O–H groups in total. The summed E-state index contributed by atoms with van der Waals surface area (Å²) in [7, 11) is 0. The fourth-order valence-corrected chi connectivity index (χ4v) is 3.73. The molecule has 0 bridgehead atoms. The number of nitrogens with zero attached hydrogens (tertiary/aromatic N) is 2. The molecule has 2 aliphatic rings. The number of pyridine rings is 1. The summed E-state index contributed by atoms with van der Waals surface area (Å²) >= 11 is 12.2. The lowest BCUT2D eigenvalue weighted by Crippen LogP contribution is -2.26. The van der Waals surface area contributed by atoms with Crippen molar-refractivity contribution in [3.63, 3.8) is 0 Å². The zero-order valence-corrected chi connectivity index (χ0v) is 15.2. The van der Waals surface area contributed by atoms with E-state index >= 15 is 0 Å². The summed E-state index contributed by atoms with van der Waals surface area (Å²) in [6.45, 7) is 2.25. The van der Waals surface area contributed by atoms with Gasteiger partial charge in [-0.15, -0.1) is 0 Å². The molecule has 2 heterocycles. The highest BCUT2D eigenvalue weighted by Crippen LogP contribution is 2.39. The summed E-state index contributed by atoms with van der Waals surface area (Å²) in [5, 5.41) is 15.1. The molecule has 1 saturated carbocycles. The van der Waals surface area contributed by atoms with Crippen LogP contribution in [0, 0.1) is 5.92 Å².